The third-order valence-electron chi connectivity index (χ3n) is 7.14. The number of carbonyl (C=O) groups excluding carboxylic acids is 1. The lowest BCUT2D eigenvalue weighted by Gasteiger charge is -2.36. The summed E-state index contributed by atoms with van der Waals surface area (Å²) in [4.78, 5) is 17.0. The summed E-state index contributed by atoms with van der Waals surface area (Å²) in [6.45, 7) is 1.50. The van der Waals surface area contributed by atoms with E-state index in [1.54, 1.807) is 6.20 Å². The van der Waals surface area contributed by atoms with E-state index in [-0.39, 0.29) is 11.7 Å². The van der Waals surface area contributed by atoms with Gasteiger partial charge in [0.05, 0.1) is 26.8 Å². The summed E-state index contributed by atoms with van der Waals surface area (Å²) >= 11 is 0. The molecule has 0 radical (unpaired) electrons. The van der Waals surface area contributed by atoms with Crippen LogP contribution in [0.1, 0.15) is 72.5 Å². The normalized spacial score (nSPS) is 16.8. The van der Waals surface area contributed by atoms with Crippen molar-refractivity contribution in [1.29, 1.82) is 0 Å². The van der Waals surface area contributed by atoms with E-state index in [9.17, 15) is 9.90 Å². The van der Waals surface area contributed by atoms with Crippen LogP contribution in [0.3, 0.4) is 0 Å². The molecular weight excluding hydrogens is 424 g/mol. The van der Waals surface area contributed by atoms with Crippen LogP contribution in [0.25, 0.3) is 0 Å². The Labute approximate surface area is 203 Å². The molecule has 1 aliphatic carbocycles. The molecule has 1 aliphatic rings. The molecule has 4 rings (SSSR count). The average molecular weight is 462 g/mol. The molecule has 0 aliphatic heterocycles. The van der Waals surface area contributed by atoms with E-state index in [1.165, 1.54) is 6.42 Å². The molecule has 34 heavy (non-hydrogen) atoms. The zero-order valence-electron chi connectivity index (χ0n) is 20.5. The summed E-state index contributed by atoms with van der Waals surface area (Å²) in [7, 11) is 4.28. The Hall–Kier alpha value is -2.76. The molecule has 1 saturated carbocycles. The molecule has 5 nitrogen and oxygen atoms in total. The first-order valence-electron chi connectivity index (χ1n) is 12.5. The minimum absolute atomic E-state index is 0.0987. The maximum Gasteiger partial charge on any atom is 0.231 e. The SMILES string of the molecule is C[N+](C)(CCCC(=O)c1ccccc1)Cc1cnc(C(O)(c2ccccc2)C2CCCCC2)o1. The van der Waals surface area contributed by atoms with Gasteiger partial charge in [-0.2, -0.15) is 0 Å². The summed E-state index contributed by atoms with van der Waals surface area (Å²) < 4.78 is 6.93. The van der Waals surface area contributed by atoms with Gasteiger partial charge in [0.2, 0.25) is 5.89 Å². The molecule has 1 heterocycles. The number of nitrogens with zero attached hydrogens (tertiary/aromatic N) is 2. The number of aromatic nitrogens is 1. The van der Waals surface area contributed by atoms with Crippen LogP contribution in [0.5, 0.6) is 0 Å². The van der Waals surface area contributed by atoms with E-state index in [0.29, 0.717) is 23.3 Å². The summed E-state index contributed by atoms with van der Waals surface area (Å²) in [5.41, 5.74) is 0.415. The molecule has 0 spiro atoms. The van der Waals surface area contributed by atoms with Gasteiger partial charge in [-0.1, -0.05) is 79.9 Å². The Kier molecular flexibility index (Phi) is 7.64. The third kappa shape index (κ3) is 5.65. The minimum Gasteiger partial charge on any atom is -0.436 e. The summed E-state index contributed by atoms with van der Waals surface area (Å²) in [6.07, 6.45) is 8.51. The van der Waals surface area contributed by atoms with Crippen LogP contribution < -0.4 is 0 Å². The number of rotatable bonds is 10. The number of oxazole rings is 1. The lowest BCUT2D eigenvalue weighted by Crippen LogP contribution is -2.39. The third-order valence-corrected chi connectivity index (χ3v) is 7.14. The van der Waals surface area contributed by atoms with Crippen LogP contribution in [0.2, 0.25) is 0 Å². The first kappa shape index (κ1) is 24.4. The molecule has 0 bridgehead atoms. The number of benzene rings is 2. The summed E-state index contributed by atoms with van der Waals surface area (Å²) in [5.74, 6) is 1.45. The van der Waals surface area contributed by atoms with Crippen molar-refractivity contribution in [2.24, 2.45) is 5.92 Å². The molecule has 3 aromatic rings. The standard InChI is InChI=1S/C29H37N2O3/c1-31(2,20-12-19-27(32)23-13-6-3-7-14-23)22-26-21-30-28(34-26)29(33,24-15-8-4-9-16-24)25-17-10-5-11-18-25/h3-4,6-9,13-16,21,25,33H,5,10-12,17-20,22H2,1-2H3/q+1. The van der Waals surface area contributed by atoms with Crippen LogP contribution in [0, 0.1) is 5.92 Å². The number of quaternary nitrogens is 1. The van der Waals surface area contributed by atoms with Crippen LogP contribution >= 0.6 is 0 Å². The Morgan fingerprint density at radius 2 is 1.68 bits per heavy atom. The highest BCUT2D eigenvalue weighted by Gasteiger charge is 2.44. The monoisotopic (exact) mass is 461 g/mol. The van der Waals surface area contributed by atoms with Gasteiger partial charge in [-0.3, -0.25) is 4.79 Å². The Balaban J connectivity index is 1.44. The fourth-order valence-electron chi connectivity index (χ4n) is 5.24. The van der Waals surface area contributed by atoms with Crippen molar-refractivity contribution in [3.05, 3.63) is 89.6 Å². The fourth-order valence-corrected chi connectivity index (χ4v) is 5.24. The number of Topliss-reactive ketones (excluding diaryl/α,β-unsaturated/α-hetero) is 1. The van der Waals surface area contributed by atoms with E-state index in [1.807, 2.05) is 60.7 Å². The predicted molar refractivity (Wildman–Crippen MR) is 133 cm³/mol. The van der Waals surface area contributed by atoms with Crippen LogP contribution in [-0.4, -0.2) is 41.0 Å². The summed E-state index contributed by atoms with van der Waals surface area (Å²) in [5, 5.41) is 12.0. The quantitative estimate of drug-likeness (QED) is 0.309. The molecule has 1 unspecified atom stereocenters. The highest BCUT2D eigenvalue weighted by molar-refractivity contribution is 5.95. The Morgan fingerprint density at radius 1 is 1.03 bits per heavy atom. The van der Waals surface area contributed by atoms with Gasteiger partial charge >= 0.3 is 0 Å². The first-order chi connectivity index (χ1) is 16.4. The minimum atomic E-state index is -1.21. The van der Waals surface area contributed by atoms with Crippen molar-refractivity contribution in [3.8, 4) is 0 Å². The van der Waals surface area contributed by atoms with E-state index in [2.05, 4.69) is 19.1 Å². The van der Waals surface area contributed by atoms with Crippen molar-refractivity contribution < 1.29 is 18.8 Å². The average Bonchev–Trinajstić information content (AvgIpc) is 3.33. The molecule has 1 aromatic heterocycles. The maximum absolute atomic E-state index is 12.4. The van der Waals surface area contributed by atoms with Crippen molar-refractivity contribution >= 4 is 5.78 Å². The number of ketones is 1. The summed E-state index contributed by atoms with van der Waals surface area (Å²) in [6, 6.07) is 19.3. The topological polar surface area (TPSA) is 63.3 Å². The van der Waals surface area contributed by atoms with Gasteiger partial charge in [0.25, 0.3) is 0 Å². The van der Waals surface area contributed by atoms with Gasteiger partial charge in [-0.15, -0.1) is 0 Å². The molecule has 1 N–H and O–H groups in total. The molecule has 1 fully saturated rings. The van der Waals surface area contributed by atoms with Crippen molar-refractivity contribution in [2.75, 3.05) is 20.6 Å². The lowest BCUT2D eigenvalue weighted by atomic mass is 9.73. The van der Waals surface area contributed by atoms with E-state index in [0.717, 1.165) is 55.5 Å². The largest absolute Gasteiger partial charge is 0.436 e. The number of carbonyl (C=O) groups is 1. The van der Waals surface area contributed by atoms with E-state index < -0.39 is 5.60 Å². The Bertz CT molecular complexity index is 1060. The van der Waals surface area contributed by atoms with Crippen LogP contribution in [-0.2, 0) is 12.1 Å². The smallest absolute Gasteiger partial charge is 0.231 e. The highest BCUT2D eigenvalue weighted by atomic mass is 16.4. The molecule has 0 saturated heterocycles. The molecule has 2 aromatic carbocycles. The van der Waals surface area contributed by atoms with E-state index in [4.69, 9.17) is 4.42 Å². The zero-order chi connectivity index (χ0) is 24.0. The predicted octanol–water partition coefficient (Wildman–Crippen LogP) is 5.73. The Morgan fingerprint density at radius 3 is 2.35 bits per heavy atom. The van der Waals surface area contributed by atoms with Crippen LogP contribution in [0.15, 0.2) is 71.3 Å². The van der Waals surface area contributed by atoms with Gasteiger partial charge in [-0.25, -0.2) is 4.98 Å². The van der Waals surface area contributed by atoms with Gasteiger partial charge in [0.15, 0.2) is 17.1 Å². The van der Waals surface area contributed by atoms with Crippen LogP contribution in [0.4, 0.5) is 0 Å². The highest BCUT2D eigenvalue weighted by Crippen LogP contribution is 2.43. The number of hydrogen-bond acceptors (Lipinski definition) is 4. The van der Waals surface area contributed by atoms with Gasteiger partial charge in [0, 0.05) is 24.3 Å². The van der Waals surface area contributed by atoms with Crippen molar-refractivity contribution in [1.82, 2.24) is 4.98 Å². The fraction of sp³-hybridized carbons (Fsp3) is 0.448. The van der Waals surface area contributed by atoms with Crippen molar-refractivity contribution in [2.45, 2.75) is 57.1 Å². The first-order valence-corrected chi connectivity index (χ1v) is 12.5. The zero-order valence-corrected chi connectivity index (χ0v) is 20.5. The van der Waals surface area contributed by atoms with Gasteiger partial charge < -0.3 is 14.0 Å². The van der Waals surface area contributed by atoms with Gasteiger partial charge in [0.1, 0.15) is 6.54 Å². The second-order valence-electron chi connectivity index (χ2n) is 10.3. The van der Waals surface area contributed by atoms with Gasteiger partial charge in [-0.05, 0) is 18.4 Å². The molecule has 5 heteroatoms. The lowest BCUT2D eigenvalue weighted by molar-refractivity contribution is -0.904. The molecular formula is C29H37N2O3+. The molecule has 1 atom stereocenters. The molecule has 0 amide bonds. The second-order valence-corrected chi connectivity index (χ2v) is 10.3. The number of aliphatic hydroxyl groups is 1. The maximum atomic E-state index is 12.4. The molecule has 180 valence electrons. The number of hydrogen-bond donors (Lipinski definition) is 1. The second kappa shape index (κ2) is 10.7. The van der Waals surface area contributed by atoms with E-state index >= 15 is 0 Å². The van der Waals surface area contributed by atoms with Crippen molar-refractivity contribution in [3.63, 3.8) is 0 Å².